The van der Waals surface area contributed by atoms with E-state index in [0.29, 0.717) is 5.92 Å². The topological polar surface area (TPSA) is 70.7 Å². The number of hydrogen-bond acceptors (Lipinski definition) is 4. The van der Waals surface area contributed by atoms with Gasteiger partial charge in [0.15, 0.2) is 5.16 Å². The molecule has 0 spiro atoms. The van der Waals surface area contributed by atoms with Gasteiger partial charge in [0.1, 0.15) is 5.54 Å². The smallest absolute Gasteiger partial charge is 0.231 e. The summed E-state index contributed by atoms with van der Waals surface area (Å²) in [6.07, 6.45) is 5.49. The molecule has 1 saturated carbocycles. The van der Waals surface area contributed by atoms with Gasteiger partial charge < -0.3 is 9.88 Å². The fourth-order valence-electron chi connectivity index (χ4n) is 3.24. The fourth-order valence-corrected chi connectivity index (χ4v) is 4.08. The van der Waals surface area contributed by atoms with Crippen molar-refractivity contribution in [3.8, 4) is 6.07 Å². The first-order valence-electron chi connectivity index (χ1n) is 9.37. The summed E-state index contributed by atoms with van der Waals surface area (Å²) in [5.41, 5.74) is 1.34. The van der Waals surface area contributed by atoms with E-state index in [1.165, 1.54) is 24.6 Å². The van der Waals surface area contributed by atoms with E-state index in [0.717, 1.165) is 42.0 Å². The highest BCUT2D eigenvalue weighted by Gasteiger charge is 2.42. The van der Waals surface area contributed by atoms with E-state index in [-0.39, 0.29) is 11.7 Å². The molecule has 1 amide bonds. The number of benzene rings is 1. The Kier molecular flexibility index (Phi) is 5.87. The van der Waals surface area contributed by atoms with Crippen LogP contribution < -0.4 is 5.32 Å². The summed E-state index contributed by atoms with van der Waals surface area (Å²) in [4.78, 5) is 17.1. The Hall–Kier alpha value is -2.00. The zero-order valence-corrected chi connectivity index (χ0v) is 16.3. The molecule has 1 fully saturated rings. The summed E-state index contributed by atoms with van der Waals surface area (Å²) in [7, 11) is 0. The van der Waals surface area contributed by atoms with Crippen LogP contribution in [0.5, 0.6) is 0 Å². The molecule has 0 radical (unpaired) electrons. The Morgan fingerprint density at radius 3 is 2.88 bits per heavy atom. The van der Waals surface area contributed by atoms with Crippen LogP contribution in [0.1, 0.15) is 46.0 Å². The van der Waals surface area contributed by atoms with Crippen molar-refractivity contribution < 1.29 is 4.79 Å². The van der Waals surface area contributed by atoms with Crippen LogP contribution in [-0.4, -0.2) is 26.8 Å². The third kappa shape index (κ3) is 4.21. The first-order chi connectivity index (χ1) is 12.6. The van der Waals surface area contributed by atoms with Crippen LogP contribution in [0.3, 0.4) is 0 Å². The Morgan fingerprint density at radius 1 is 1.42 bits per heavy atom. The second kappa shape index (κ2) is 8.13. The fraction of sp³-hybridized carbons (Fsp3) is 0.550. The van der Waals surface area contributed by atoms with Crippen molar-refractivity contribution in [2.24, 2.45) is 5.92 Å². The third-order valence-electron chi connectivity index (χ3n) is 4.96. The second-order valence-corrected chi connectivity index (χ2v) is 8.11. The Labute approximate surface area is 159 Å². The van der Waals surface area contributed by atoms with Crippen molar-refractivity contribution in [2.75, 3.05) is 5.75 Å². The van der Waals surface area contributed by atoms with Crippen molar-refractivity contribution in [3.63, 3.8) is 0 Å². The van der Waals surface area contributed by atoms with Crippen molar-refractivity contribution >= 4 is 28.7 Å². The van der Waals surface area contributed by atoms with E-state index in [4.69, 9.17) is 4.98 Å². The molecule has 1 unspecified atom stereocenters. The van der Waals surface area contributed by atoms with Crippen LogP contribution >= 0.6 is 11.8 Å². The highest BCUT2D eigenvalue weighted by Crippen LogP contribution is 2.39. The quantitative estimate of drug-likeness (QED) is 0.532. The molecule has 1 aromatic heterocycles. The monoisotopic (exact) mass is 370 g/mol. The number of aryl methyl sites for hydroxylation is 1. The number of hydrogen-bond donors (Lipinski definition) is 1. The van der Waals surface area contributed by atoms with Gasteiger partial charge in [-0.25, -0.2) is 4.98 Å². The molecular formula is C20H26N4OS. The molecule has 5 nitrogen and oxygen atoms in total. The number of carbonyl (C=O) groups is 1. The first kappa shape index (κ1) is 18.8. The van der Waals surface area contributed by atoms with Crippen molar-refractivity contribution in [1.82, 2.24) is 14.9 Å². The molecule has 138 valence electrons. The molecule has 3 rings (SSSR count). The summed E-state index contributed by atoms with van der Waals surface area (Å²) in [6, 6.07) is 10.4. The molecule has 1 aromatic carbocycles. The molecule has 2 aromatic rings. The van der Waals surface area contributed by atoms with Gasteiger partial charge in [-0.05, 0) is 44.2 Å². The van der Waals surface area contributed by atoms with E-state index in [2.05, 4.69) is 28.9 Å². The van der Waals surface area contributed by atoms with Gasteiger partial charge >= 0.3 is 0 Å². The summed E-state index contributed by atoms with van der Waals surface area (Å²) in [6.45, 7) is 4.93. The lowest BCUT2D eigenvalue weighted by Crippen LogP contribution is -2.47. The summed E-state index contributed by atoms with van der Waals surface area (Å²) in [5, 5.41) is 13.2. The highest BCUT2D eigenvalue weighted by atomic mass is 32.2. The zero-order chi connectivity index (χ0) is 18.6. The Bertz CT molecular complexity index is 821. The van der Waals surface area contributed by atoms with Gasteiger partial charge in [-0.15, -0.1) is 0 Å². The number of imidazole rings is 1. The van der Waals surface area contributed by atoms with Crippen molar-refractivity contribution in [3.05, 3.63) is 24.3 Å². The predicted octanol–water partition coefficient (Wildman–Crippen LogP) is 4.13. The lowest BCUT2D eigenvalue weighted by atomic mass is 9.98. The summed E-state index contributed by atoms with van der Waals surface area (Å²) in [5.74, 6) is 0.472. The van der Waals surface area contributed by atoms with Crippen LogP contribution in [0.25, 0.3) is 11.0 Å². The van der Waals surface area contributed by atoms with Gasteiger partial charge in [0.25, 0.3) is 0 Å². The molecule has 1 heterocycles. The number of para-hydroxylation sites is 2. The number of fused-ring (bicyclic) bond motifs is 1. The minimum atomic E-state index is -0.737. The van der Waals surface area contributed by atoms with Crippen LogP contribution in [0.15, 0.2) is 29.4 Å². The molecule has 0 aliphatic heterocycles. The molecule has 6 heteroatoms. The van der Waals surface area contributed by atoms with Crippen molar-refractivity contribution in [1.29, 1.82) is 5.26 Å². The van der Waals surface area contributed by atoms with E-state index in [1.54, 1.807) is 0 Å². The van der Waals surface area contributed by atoms with E-state index < -0.39 is 5.54 Å². The van der Waals surface area contributed by atoms with Gasteiger partial charge in [0.2, 0.25) is 5.91 Å². The van der Waals surface area contributed by atoms with E-state index in [1.807, 2.05) is 25.1 Å². The number of carbonyl (C=O) groups excluding carboxylic acids is 1. The minimum absolute atomic E-state index is 0.0990. The second-order valence-electron chi connectivity index (χ2n) is 7.17. The molecule has 0 saturated heterocycles. The molecule has 1 N–H and O–H groups in total. The normalized spacial score (nSPS) is 16.2. The van der Waals surface area contributed by atoms with Gasteiger partial charge in [-0.1, -0.05) is 43.7 Å². The molecule has 26 heavy (non-hydrogen) atoms. The molecule has 0 bridgehead atoms. The Balaban J connectivity index is 1.68. The van der Waals surface area contributed by atoms with Gasteiger partial charge in [-0.3, -0.25) is 4.79 Å². The summed E-state index contributed by atoms with van der Waals surface area (Å²) < 4.78 is 2.22. The van der Waals surface area contributed by atoms with Gasteiger partial charge in [0, 0.05) is 6.54 Å². The number of rotatable bonds is 9. The maximum absolute atomic E-state index is 12.4. The SMILES string of the molecule is CCCCCn1c(SCC(=O)NC(C)(C#N)C2CC2)nc2ccccc21. The average Bonchev–Trinajstić information content (AvgIpc) is 3.44. The number of amides is 1. The highest BCUT2D eigenvalue weighted by molar-refractivity contribution is 7.99. The average molecular weight is 371 g/mol. The first-order valence-corrected chi connectivity index (χ1v) is 10.4. The molecule has 1 aliphatic rings. The maximum atomic E-state index is 12.4. The largest absolute Gasteiger partial charge is 0.337 e. The predicted molar refractivity (Wildman–Crippen MR) is 105 cm³/mol. The van der Waals surface area contributed by atoms with E-state index >= 15 is 0 Å². The van der Waals surface area contributed by atoms with Crippen LogP contribution in [0, 0.1) is 17.2 Å². The number of nitriles is 1. The lowest BCUT2D eigenvalue weighted by molar-refractivity contribution is -0.119. The molecule has 1 aliphatic carbocycles. The minimum Gasteiger partial charge on any atom is -0.337 e. The number of thioether (sulfide) groups is 1. The Morgan fingerprint density at radius 2 is 2.19 bits per heavy atom. The number of unbranched alkanes of at least 4 members (excludes halogenated alkanes) is 2. The van der Waals surface area contributed by atoms with Gasteiger partial charge in [-0.2, -0.15) is 5.26 Å². The summed E-state index contributed by atoms with van der Waals surface area (Å²) >= 11 is 1.45. The molecular weight excluding hydrogens is 344 g/mol. The van der Waals surface area contributed by atoms with Crippen LogP contribution in [0.2, 0.25) is 0 Å². The maximum Gasteiger partial charge on any atom is 0.231 e. The lowest BCUT2D eigenvalue weighted by Gasteiger charge is -2.22. The van der Waals surface area contributed by atoms with E-state index in [9.17, 15) is 10.1 Å². The van der Waals surface area contributed by atoms with Gasteiger partial charge in [0.05, 0.1) is 22.9 Å². The zero-order valence-electron chi connectivity index (χ0n) is 15.5. The third-order valence-corrected chi connectivity index (χ3v) is 5.94. The van der Waals surface area contributed by atoms with Crippen LogP contribution in [0.4, 0.5) is 0 Å². The molecule has 1 atom stereocenters. The van der Waals surface area contributed by atoms with Crippen molar-refractivity contribution in [2.45, 2.75) is 63.2 Å². The number of nitrogens with one attached hydrogen (secondary N) is 1. The van der Waals surface area contributed by atoms with Crippen LogP contribution in [-0.2, 0) is 11.3 Å². The number of aromatic nitrogens is 2. The standard InChI is InChI=1S/C20H26N4OS/c1-3-4-7-12-24-17-9-6-5-8-16(17)22-19(24)26-13-18(25)23-20(2,14-21)15-10-11-15/h5-6,8-9,15H,3-4,7,10-13H2,1-2H3,(H,23,25). The number of nitrogens with zero attached hydrogens (tertiary/aromatic N) is 3.